The third-order valence-corrected chi connectivity index (χ3v) is 7.53. The molecule has 1 aliphatic rings. The number of sulfone groups is 1. The van der Waals surface area contributed by atoms with Crippen LogP contribution in [0.25, 0.3) is 16.5 Å². The summed E-state index contributed by atoms with van der Waals surface area (Å²) in [6, 6.07) is 22.7. The third kappa shape index (κ3) is 4.34. The number of aliphatic imine (C=N–C) groups is 1. The van der Waals surface area contributed by atoms with Gasteiger partial charge in [-0.3, -0.25) is 4.99 Å². The quantitative estimate of drug-likeness (QED) is 0.439. The number of nitrogens with zero attached hydrogens (tertiary/aromatic N) is 2. The number of aromatic nitrogens is 1. The Balaban J connectivity index is 1.55. The summed E-state index contributed by atoms with van der Waals surface area (Å²) in [6.07, 6.45) is 2.10. The van der Waals surface area contributed by atoms with E-state index in [-0.39, 0.29) is 23.0 Å². The molecule has 0 radical (unpaired) electrons. The highest BCUT2D eigenvalue weighted by Gasteiger charge is 2.28. The van der Waals surface area contributed by atoms with Crippen molar-refractivity contribution >= 4 is 32.5 Å². The van der Waals surface area contributed by atoms with Gasteiger partial charge in [0.2, 0.25) is 0 Å². The Morgan fingerprint density at radius 1 is 0.853 bits per heavy atom. The Labute approximate surface area is 196 Å². The molecule has 1 unspecified atom stereocenters. The maximum absolute atomic E-state index is 13.4. The second-order valence-electron chi connectivity index (χ2n) is 8.20. The molecule has 4 aromatic rings. The number of hydrogen-bond acceptors (Lipinski definition) is 5. The van der Waals surface area contributed by atoms with Crippen molar-refractivity contribution in [3.05, 3.63) is 113 Å². The van der Waals surface area contributed by atoms with Gasteiger partial charge in [0.15, 0.2) is 15.6 Å². The summed E-state index contributed by atoms with van der Waals surface area (Å²) >= 11 is 0. The number of aromatic hydroxyl groups is 1. The van der Waals surface area contributed by atoms with Crippen LogP contribution in [0, 0.1) is 5.82 Å². The molecule has 0 fully saturated rings. The topological polar surface area (TPSA) is 79.6 Å². The highest BCUT2D eigenvalue weighted by atomic mass is 32.2. The highest BCUT2D eigenvalue weighted by molar-refractivity contribution is 7.95. The molecule has 170 valence electrons. The van der Waals surface area contributed by atoms with Gasteiger partial charge in [-0.1, -0.05) is 66.7 Å². The van der Waals surface area contributed by atoms with Crippen LogP contribution >= 0.6 is 0 Å². The van der Waals surface area contributed by atoms with E-state index in [2.05, 4.69) is 9.98 Å². The van der Waals surface area contributed by atoms with Crippen LogP contribution in [0.1, 0.15) is 22.5 Å². The number of benzene rings is 3. The summed E-state index contributed by atoms with van der Waals surface area (Å²) in [5, 5.41) is 12.6. The molecule has 0 spiro atoms. The van der Waals surface area contributed by atoms with E-state index in [1.54, 1.807) is 24.3 Å². The molecule has 0 aliphatic carbocycles. The van der Waals surface area contributed by atoms with Crippen molar-refractivity contribution in [3.8, 4) is 5.75 Å². The zero-order valence-corrected chi connectivity index (χ0v) is 18.9. The third-order valence-electron chi connectivity index (χ3n) is 5.85. The van der Waals surface area contributed by atoms with E-state index in [9.17, 15) is 17.9 Å². The zero-order valence-electron chi connectivity index (χ0n) is 18.1. The second kappa shape index (κ2) is 8.83. The van der Waals surface area contributed by atoms with Gasteiger partial charge in [-0.25, -0.2) is 17.8 Å². The molecule has 1 N–H and O–H groups in total. The van der Waals surface area contributed by atoms with Crippen LogP contribution in [0.2, 0.25) is 0 Å². The lowest BCUT2D eigenvalue weighted by molar-refractivity contribution is 0.476. The van der Waals surface area contributed by atoms with Crippen molar-refractivity contribution in [3.63, 3.8) is 0 Å². The molecule has 1 aromatic heterocycles. The molecule has 0 amide bonds. The lowest BCUT2D eigenvalue weighted by Crippen LogP contribution is -2.26. The van der Waals surface area contributed by atoms with Crippen LogP contribution in [0.3, 0.4) is 0 Å². The van der Waals surface area contributed by atoms with Crippen LogP contribution in [-0.2, 0) is 22.7 Å². The van der Waals surface area contributed by atoms with Gasteiger partial charge in [0.1, 0.15) is 22.5 Å². The van der Waals surface area contributed by atoms with Crippen molar-refractivity contribution < 1.29 is 17.9 Å². The Morgan fingerprint density at radius 3 is 2.24 bits per heavy atom. The lowest BCUT2D eigenvalue weighted by atomic mass is 10.0. The van der Waals surface area contributed by atoms with E-state index in [4.69, 9.17) is 0 Å². The van der Waals surface area contributed by atoms with Gasteiger partial charge in [0.25, 0.3) is 0 Å². The first-order chi connectivity index (χ1) is 16.4. The van der Waals surface area contributed by atoms with E-state index in [0.717, 1.165) is 21.9 Å². The largest absolute Gasteiger partial charge is 0.505 e. The Bertz CT molecular complexity index is 1530. The number of pyridine rings is 1. The number of hydrogen-bond donors (Lipinski definition) is 1. The normalized spacial score (nSPS) is 17.0. The van der Waals surface area contributed by atoms with Crippen molar-refractivity contribution in [2.45, 2.75) is 18.1 Å². The minimum atomic E-state index is -3.67. The summed E-state index contributed by atoms with van der Waals surface area (Å²) in [4.78, 5) is 9.01. The van der Waals surface area contributed by atoms with E-state index in [0.29, 0.717) is 23.9 Å². The molecular formula is C27H21FN2O3S. The fourth-order valence-electron chi connectivity index (χ4n) is 4.08. The second-order valence-corrected chi connectivity index (χ2v) is 10.2. The highest BCUT2D eigenvalue weighted by Crippen LogP contribution is 2.36. The van der Waals surface area contributed by atoms with E-state index in [1.807, 2.05) is 42.5 Å². The molecule has 5 nitrogen and oxygen atoms in total. The van der Waals surface area contributed by atoms with Gasteiger partial charge in [0, 0.05) is 23.4 Å². The molecule has 5 rings (SSSR count). The van der Waals surface area contributed by atoms with Gasteiger partial charge in [-0.2, -0.15) is 0 Å². The first kappa shape index (κ1) is 22.0. The molecule has 2 heterocycles. The zero-order chi connectivity index (χ0) is 23.7. The molecule has 0 bridgehead atoms. The summed E-state index contributed by atoms with van der Waals surface area (Å²) < 4.78 is 39.4. The van der Waals surface area contributed by atoms with Crippen molar-refractivity contribution in [2.75, 3.05) is 0 Å². The average molecular weight is 473 g/mol. The summed E-state index contributed by atoms with van der Waals surface area (Å²) in [5.41, 5.74) is 2.57. The summed E-state index contributed by atoms with van der Waals surface area (Å²) in [7, 11) is -3.67. The molecule has 1 aliphatic heterocycles. The molecule has 0 saturated heterocycles. The molecular weight excluding hydrogens is 451 g/mol. The molecule has 7 heteroatoms. The lowest BCUT2D eigenvalue weighted by Gasteiger charge is -2.18. The Kier molecular flexibility index (Phi) is 5.71. The molecule has 34 heavy (non-hydrogen) atoms. The summed E-state index contributed by atoms with van der Waals surface area (Å²) in [5.74, 6) is -0.455. The number of rotatable bonds is 5. The Hall–Kier alpha value is -3.84. The average Bonchev–Trinajstić information content (AvgIpc) is 2.84. The van der Waals surface area contributed by atoms with Crippen LogP contribution < -0.4 is 0 Å². The minimum Gasteiger partial charge on any atom is -0.505 e. The van der Waals surface area contributed by atoms with Gasteiger partial charge in [-0.15, -0.1) is 0 Å². The van der Waals surface area contributed by atoms with Crippen molar-refractivity contribution in [1.82, 2.24) is 4.98 Å². The predicted octanol–water partition coefficient (Wildman–Crippen LogP) is 5.08. The van der Waals surface area contributed by atoms with Crippen LogP contribution in [0.5, 0.6) is 5.75 Å². The summed E-state index contributed by atoms with van der Waals surface area (Å²) in [6.45, 7) is 0. The van der Waals surface area contributed by atoms with Gasteiger partial charge >= 0.3 is 0 Å². The first-order valence-corrected chi connectivity index (χ1v) is 12.4. The Morgan fingerprint density at radius 2 is 1.53 bits per heavy atom. The standard InChI is InChI=1S/C27H21FN2O3S/c28-20-12-10-19(11-13-20)15-24-22-8-4-5-9-23(22)27(31)26(30-24)25-17-34(32,33)21(16-29-25)14-18-6-2-1-3-7-18/h1-13,16-17,21,31H,14-15H2. The molecule has 3 aromatic carbocycles. The van der Waals surface area contributed by atoms with Crippen LogP contribution in [0.15, 0.2) is 89.3 Å². The fourth-order valence-corrected chi connectivity index (χ4v) is 5.39. The predicted molar refractivity (Wildman–Crippen MR) is 132 cm³/mol. The van der Waals surface area contributed by atoms with Gasteiger partial charge in [0.05, 0.1) is 11.1 Å². The molecule has 1 atom stereocenters. The molecule has 0 saturated carbocycles. The van der Waals surface area contributed by atoms with E-state index < -0.39 is 15.1 Å². The van der Waals surface area contributed by atoms with Crippen LogP contribution in [0.4, 0.5) is 4.39 Å². The fraction of sp³-hybridized carbons (Fsp3) is 0.111. The van der Waals surface area contributed by atoms with Crippen molar-refractivity contribution in [2.24, 2.45) is 4.99 Å². The number of halogens is 1. The smallest absolute Gasteiger partial charge is 0.182 e. The minimum absolute atomic E-state index is 0.0907. The maximum atomic E-state index is 13.4. The number of fused-ring (bicyclic) bond motifs is 1. The van der Waals surface area contributed by atoms with E-state index >= 15 is 0 Å². The van der Waals surface area contributed by atoms with Crippen LogP contribution in [-0.4, -0.2) is 30.0 Å². The van der Waals surface area contributed by atoms with E-state index in [1.165, 1.54) is 18.3 Å². The van der Waals surface area contributed by atoms with Gasteiger partial charge < -0.3 is 5.11 Å². The van der Waals surface area contributed by atoms with Crippen molar-refractivity contribution in [1.29, 1.82) is 0 Å². The maximum Gasteiger partial charge on any atom is 0.182 e. The van der Waals surface area contributed by atoms with Gasteiger partial charge in [-0.05, 0) is 29.7 Å². The monoisotopic (exact) mass is 472 g/mol. The first-order valence-electron chi connectivity index (χ1n) is 10.8. The SMILES string of the molecule is O=S1(=O)C=C(c2nc(Cc3ccc(F)cc3)c3ccccc3c2O)N=CC1Cc1ccccc1.